The number of pyridine rings is 1. The van der Waals surface area contributed by atoms with Crippen molar-refractivity contribution in [3.8, 4) is 0 Å². The van der Waals surface area contributed by atoms with Crippen LogP contribution in [-0.2, 0) is 6.18 Å². The molecule has 3 rings (SSSR count). The van der Waals surface area contributed by atoms with Gasteiger partial charge in [0.15, 0.2) is 10.7 Å². The molecule has 0 spiro atoms. The van der Waals surface area contributed by atoms with E-state index in [1.165, 1.54) is 30.1 Å². The van der Waals surface area contributed by atoms with Gasteiger partial charge in [-0.15, -0.1) is 11.8 Å². The molecule has 142 valence electrons. The maximum absolute atomic E-state index is 13.1. The maximum Gasteiger partial charge on any atom is 0.416 e. The molecule has 1 aliphatic rings. The van der Waals surface area contributed by atoms with Crippen LogP contribution in [0, 0.1) is 0 Å². The number of thioether (sulfide) groups is 1. The highest BCUT2D eigenvalue weighted by atomic mass is 32.2. The summed E-state index contributed by atoms with van der Waals surface area (Å²) in [4.78, 5) is 28.5. The molecular weight excluding hydrogens is 377 g/mol. The van der Waals surface area contributed by atoms with Gasteiger partial charge in [-0.3, -0.25) is 14.6 Å². The normalized spacial score (nSPS) is 19.7. The molecule has 0 radical (unpaired) electrons. The first-order valence-electron chi connectivity index (χ1n) is 8.39. The van der Waals surface area contributed by atoms with Gasteiger partial charge in [0, 0.05) is 17.4 Å². The Balaban J connectivity index is 1.97. The van der Waals surface area contributed by atoms with E-state index in [0.29, 0.717) is 11.4 Å². The average Bonchev–Trinajstić information content (AvgIpc) is 2.64. The minimum absolute atomic E-state index is 0.0871. The zero-order chi connectivity index (χ0) is 19.7. The second-order valence-electron chi connectivity index (χ2n) is 6.20. The second kappa shape index (κ2) is 7.34. The number of halogens is 3. The third kappa shape index (κ3) is 3.85. The zero-order valence-corrected chi connectivity index (χ0v) is 15.3. The second-order valence-corrected chi connectivity index (χ2v) is 7.60. The predicted molar refractivity (Wildman–Crippen MR) is 98.1 cm³/mol. The monoisotopic (exact) mass is 394 g/mol. The van der Waals surface area contributed by atoms with E-state index in [1.807, 2.05) is 6.92 Å². The van der Waals surface area contributed by atoms with Crippen molar-refractivity contribution in [2.75, 3.05) is 11.1 Å². The van der Waals surface area contributed by atoms with Gasteiger partial charge in [-0.25, -0.2) is 0 Å². The summed E-state index contributed by atoms with van der Waals surface area (Å²) in [7, 11) is 0. The summed E-state index contributed by atoms with van der Waals surface area (Å²) >= 11 is 1.28. The van der Waals surface area contributed by atoms with Gasteiger partial charge in [0.1, 0.15) is 5.69 Å². The molecule has 27 heavy (non-hydrogen) atoms. The highest BCUT2D eigenvalue weighted by Crippen LogP contribution is 2.40. The number of hydrogen-bond acceptors (Lipinski definition) is 5. The van der Waals surface area contributed by atoms with Crippen molar-refractivity contribution in [1.29, 1.82) is 0 Å². The molecule has 0 fully saturated rings. The van der Waals surface area contributed by atoms with Crippen molar-refractivity contribution in [3.05, 3.63) is 59.4 Å². The molecule has 2 aromatic rings. The number of nitrogens with one attached hydrogen (secondary N) is 1. The summed E-state index contributed by atoms with van der Waals surface area (Å²) < 4.78 is 38.3. The quantitative estimate of drug-likeness (QED) is 0.737. The van der Waals surface area contributed by atoms with E-state index in [1.54, 1.807) is 12.1 Å². The third-order valence-corrected chi connectivity index (χ3v) is 5.75. The van der Waals surface area contributed by atoms with E-state index in [9.17, 15) is 22.8 Å². The molecule has 0 saturated carbocycles. The number of ketones is 2. The summed E-state index contributed by atoms with van der Waals surface area (Å²) in [5.41, 5.74) is -0.0605. The fraction of sp³-hybridized carbons (Fsp3) is 0.316. The zero-order valence-electron chi connectivity index (χ0n) is 14.5. The lowest BCUT2D eigenvalue weighted by atomic mass is 9.89. The number of benzene rings is 1. The Morgan fingerprint density at radius 1 is 1.19 bits per heavy atom. The summed E-state index contributed by atoms with van der Waals surface area (Å²) in [6.45, 7) is 1.94. The summed E-state index contributed by atoms with van der Waals surface area (Å²) in [6.07, 6.45) is -2.30. The highest BCUT2D eigenvalue weighted by molar-refractivity contribution is 8.01. The number of aromatic nitrogens is 1. The number of anilines is 1. The van der Waals surface area contributed by atoms with Crippen LogP contribution in [0.4, 0.5) is 18.9 Å². The topological polar surface area (TPSA) is 59.1 Å². The van der Waals surface area contributed by atoms with E-state index in [2.05, 4.69) is 10.3 Å². The lowest BCUT2D eigenvalue weighted by molar-refractivity contribution is -0.137. The molecule has 1 aliphatic carbocycles. The van der Waals surface area contributed by atoms with Crippen LogP contribution in [-0.4, -0.2) is 27.2 Å². The average molecular weight is 394 g/mol. The van der Waals surface area contributed by atoms with Crippen molar-refractivity contribution in [2.24, 2.45) is 0 Å². The molecule has 1 aromatic carbocycles. The molecule has 4 nitrogen and oxygen atoms in total. The van der Waals surface area contributed by atoms with Gasteiger partial charge < -0.3 is 5.32 Å². The first-order chi connectivity index (χ1) is 12.8. The molecule has 0 saturated heterocycles. The van der Waals surface area contributed by atoms with Crippen LogP contribution in [0.25, 0.3) is 0 Å². The fourth-order valence-electron chi connectivity index (χ4n) is 2.91. The number of carbonyl (C=O) groups is 2. The van der Waals surface area contributed by atoms with Crippen LogP contribution in [0.2, 0.25) is 0 Å². The van der Waals surface area contributed by atoms with Crippen molar-refractivity contribution < 1.29 is 22.8 Å². The van der Waals surface area contributed by atoms with Crippen molar-refractivity contribution >= 4 is 29.0 Å². The van der Waals surface area contributed by atoms with Crippen LogP contribution >= 0.6 is 11.8 Å². The molecule has 0 aliphatic heterocycles. The number of Topliss-reactive ketones (excluding diaryl/α,β-unsaturated/α-hetero) is 2. The van der Waals surface area contributed by atoms with Gasteiger partial charge >= 0.3 is 6.18 Å². The number of hydrogen-bond donors (Lipinski definition) is 1. The molecule has 8 heteroatoms. The van der Waals surface area contributed by atoms with Gasteiger partial charge in [-0.2, -0.15) is 13.2 Å². The first-order valence-corrected chi connectivity index (χ1v) is 9.38. The van der Waals surface area contributed by atoms with Crippen LogP contribution in [0.3, 0.4) is 0 Å². The van der Waals surface area contributed by atoms with Crippen LogP contribution in [0.5, 0.6) is 0 Å². The minimum Gasteiger partial charge on any atom is -0.364 e. The van der Waals surface area contributed by atoms with Crippen molar-refractivity contribution in [2.45, 2.75) is 30.8 Å². The van der Waals surface area contributed by atoms with Gasteiger partial charge in [0.2, 0.25) is 5.78 Å². The van der Waals surface area contributed by atoms with E-state index in [-0.39, 0.29) is 29.2 Å². The number of carbonyl (C=O) groups excluding carboxylic acids is 2. The Hall–Kier alpha value is -2.35. The first kappa shape index (κ1) is 19.4. The largest absolute Gasteiger partial charge is 0.416 e. The van der Waals surface area contributed by atoms with Crippen LogP contribution in [0.1, 0.15) is 46.2 Å². The van der Waals surface area contributed by atoms with E-state index in [4.69, 9.17) is 0 Å². The molecule has 1 aromatic heterocycles. The summed E-state index contributed by atoms with van der Waals surface area (Å²) in [5, 5.41) is 3.01. The standard InChI is InChI=1S/C19H17F3N2O2S/c1-2-10-27-18(24-13-7-5-12(6-8-13)19(20,21)22)11-15(25)14-4-3-9-23-16(14)17(18)26/h3-9,24H,2,10-11H2,1H3. The Kier molecular flexibility index (Phi) is 5.28. The predicted octanol–water partition coefficient (Wildman–Crippen LogP) is 4.82. The van der Waals surface area contributed by atoms with E-state index in [0.717, 1.165) is 18.6 Å². The Morgan fingerprint density at radius 3 is 2.52 bits per heavy atom. The van der Waals surface area contributed by atoms with Crippen molar-refractivity contribution in [1.82, 2.24) is 4.98 Å². The smallest absolute Gasteiger partial charge is 0.364 e. The van der Waals surface area contributed by atoms with Gasteiger partial charge in [-0.1, -0.05) is 6.92 Å². The van der Waals surface area contributed by atoms with Crippen LogP contribution in [0.15, 0.2) is 42.6 Å². The van der Waals surface area contributed by atoms with E-state index >= 15 is 0 Å². The Bertz CT molecular complexity index is 868. The maximum atomic E-state index is 13.1. The molecule has 1 unspecified atom stereocenters. The van der Waals surface area contributed by atoms with Crippen LogP contribution < -0.4 is 5.32 Å². The molecule has 1 heterocycles. The van der Waals surface area contributed by atoms with Crippen molar-refractivity contribution in [3.63, 3.8) is 0 Å². The molecule has 0 amide bonds. The lowest BCUT2D eigenvalue weighted by Crippen LogP contribution is -2.49. The van der Waals surface area contributed by atoms with E-state index < -0.39 is 16.6 Å². The molecule has 1 atom stereocenters. The number of rotatable bonds is 5. The number of fused-ring (bicyclic) bond motifs is 1. The highest BCUT2D eigenvalue weighted by Gasteiger charge is 2.47. The fourth-order valence-corrected chi connectivity index (χ4v) is 4.11. The number of alkyl halides is 3. The summed E-state index contributed by atoms with van der Waals surface area (Å²) in [5.74, 6) is 0.0474. The Morgan fingerprint density at radius 2 is 1.89 bits per heavy atom. The molecule has 0 bridgehead atoms. The number of nitrogens with zero attached hydrogens (tertiary/aromatic N) is 1. The summed E-state index contributed by atoms with van der Waals surface area (Å²) in [6, 6.07) is 7.59. The lowest BCUT2D eigenvalue weighted by Gasteiger charge is -2.36. The van der Waals surface area contributed by atoms with Gasteiger partial charge in [0.05, 0.1) is 12.0 Å². The molecular formula is C19H17F3N2O2S. The van der Waals surface area contributed by atoms with Gasteiger partial charge in [0.25, 0.3) is 0 Å². The SMILES string of the molecule is CCCSC1(Nc2ccc(C(F)(F)F)cc2)CC(=O)c2cccnc2C1=O. The third-order valence-electron chi connectivity index (χ3n) is 4.21. The minimum atomic E-state index is -4.44. The van der Waals surface area contributed by atoms with Gasteiger partial charge in [-0.05, 0) is 48.6 Å². The Labute approximate surface area is 158 Å². The molecule has 1 N–H and O–H groups in total.